The van der Waals surface area contributed by atoms with Gasteiger partial charge in [-0.25, -0.2) is 5.06 Å². The molecule has 0 saturated heterocycles. The number of carbonyl (C=O) groups excluding carboxylic acids is 1. The molecule has 0 aromatic rings. The molecule has 1 spiro atoms. The van der Waals surface area contributed by atoms with Crippen molar-refractivity contribution in [3.8, 4) is 0 Å². The SMILES string of the molecule is CCCC1=NC(=O)C2(CCCCC2)N1O. The number of nitrogens with zero attached hydrogens (tertiary/aromatic N) is 2. The zero-order valence-electron chi connectivity index (χ0n) is 9.20. The van der Waals surface area contributed by atoms with Gasteiger partial charge < -0.3 is 0 Å². The second-order valence-electron chi connectivity index (χ2n) is 4.49. The average molecular weight is 210 g/mol. The third-order valence-corrected chi connectivity index (χ3v) is 3.43. The standard InChI is InChI=1S/C11H18N2O2/c1-2-6-9-12-10(14)11(13(9)15)7-4-3-5-8-11/h15H,2-8H2,1H3. The number of carbonyl (C=O) groups is 1. The first kappa shape index (κ1) is 10.6. The summed E-state index contributed by atoms with van der Waals surface area (Å²) >= 11 is 0. The molecule has 1 aliphatic heterocycles. The summed E-state index contributed by atoms with van der Waals surface area (Å²) in [4.78, 5) is 15.8. The van der Waals surface area contributed by atoms with E-state index in [9.17, 15) is 10.0 Å². The molecule has 15 heavy (non-hydrogen) atoms. The van der Waals surface area contributed by atoms with Crippen LogP contribution in [0.25, 0.3) is 0 Å². The van der Waals surface area contributed by atoms with Gasteiger partial charge in [-0.15, -0.1) is 0 Å². The zero-order valence-corrected chi connectivity index (χ0v) is 9.20. The Morgan fingerprint density at radius 2 is 2.07 bits per heavy atom. The van der Waals surface area contributed by atoms with Crippen LogP contribution in [-0.2, 0) is 4.79 Å². The van der Waals surface area contributed by atoms with Crippen molar-refractivity contribution in [1.29, 1.82) is 0 Å². The number of amides is 1. The van der Waals surface area contributed by atoms with Crippen molar-refractivity contribution in [3.05, 3.63) is 0 Å². The molecule has 0 radical (unpaired) electrons. The van der Waals surface area contributed by atoms with Gasteiger partial charge in [0.2, 0.25) is 0 Å². The molecule has 1 amide bonds. The van der Waals surface area contributed by atoms with Crippen molar-refractivity contribution >= 4 is 11.7 Å². The van der Waals surface area contributed by atoms with E-state index < -0.39 is 5.54 Å². The molecule has 1 N–H and O–H groups in total. The Bertz CT molecular complexity index is 293. The minimum Gasteiger partial charge on any atom is -0.286 e. The molecule has 4 nitrogen and oxygen atoms in total. The van der Waals surface area contributed by atoms with Crippen LogP contribution in [0.4, 0.5) is 0 Å². The monoisotopic (exact) mass is 210 g/mol. The van der Waals surface area contributed by atoms with E-state index >= 15 is 0 Å². The Balaban J connectivity index is 2.19. The largest absolute Gasteiger partial charge is 0.286 e. The Morgan fingerprint density at radius 3 is 2.67 bits per heavy atom. The highest BCUT2D eigenvalue weighted by molar-refractivity contribution is 6.05. The minimum atomic E-state index is -0.692. The van der Waals surface area contributed by atoms with Crippen molar-refractivity contribution in [2.24, 2.45) is 4.99 Å². The maximum absolute atomic E-state index is 11.9. The third kappa shape index (κ3) is 1.57. The first-order valence-electron chi connectivity index (χ1n) is 5.82. The fourth-order valence-electron chi connectivity index (χ4n) is 2.55. The number of hydrogen-bond donors (Lipinski definition) is 1. The molecule has 0 atom stereocenters. The van der Waals surface area contributed by atoms with Crippen LogP contribution in [0.3, 0.4) is 0 Å². The molecule has 1 heterocycles. The fraction of sp³-hybridized carbons (Fsp3) is 0.818. The fourth-order valence-corrected chi connectivity index (χ4v) is 2.55. The first-order chi connectivity index (χ1) is 7.20. The van der Waals surface area contributed by atoms with Crippen LogP contribution in [0, 0.1) is 0 Å². The molecular formula is C11H18N2O2. The number of aliphatic imine (C=N–C) groups is 1. The normalized spacial score (nSPS) is 24.8. The number of hydrogen-bond acceptors (Lipinski definition) is 3. The third-order valence-electron chi connectivity index (χ3n) is 3.43. The summed E-state index contributed by atoms with van der Waals surface area (Å²) in [6, 6.07) is 0. The lowest BCUT2D eigenvalue weighted by molar-refractivity contribution is -0.150. The van der Waals surface area contributed by atoms with E-state index in [2.05, 4.69) is 4.99 Å². The molecule has 0 bridgehead atoms. The summed E-state index contributed by atoms with van der Waals surface area (Å²) < 4.78 is 0. The van der Waals surface area contributed by atoms with Crippen molar-refractivity contribution in [2.75, 3.05) is 0 Å². The van der Waals surface area contributed by atoms with E-state index in [1.807, 2.05) is 6.92 Å². The van der Waals surface area contributed by atoms with E-state index in [-0.39, 0.29) is 5.91 Å². The highest BCUT2D eigenvalue weighted by atomic mass is 16.5. The van der Waals surface area contributed by atoms with Crippen LogP contribution < -0.4 is 0 Å². The van der Waals surface area contributed by atoms with Gasteiger partial charge in [0, 0.05) is 6.42 Å². The molecule has 0 aromatic carbocycles. The number of rotatable bonds is 2. The van der Waals surface area contributed by atoms with Gasteiger partial charge in [-0.05, 0) is 19.3 Å². The number of hydroxylamine groups is 2. The van der Waals surface area contributed by atoms with Crippen LogP contribution in [0.15, 0.2) is 4.99 Å². The lowest BCUT2D eigenvalue weighted by Gasteiger charge is -2.36. The molecule has 2 rings (SSSR count). The molecular weight excluding hydrogens is 192 g/mol. The van der Waals surface area contributed by atoms with Crippen LogP contribution in [0.5, 0.6) is 0 Å². The van der Waals surface area contributed by atoms with Gasteiger partial charge in [-0.1, -0.05) is 26.2 Å². The summed E-state index contributed by atoms with van der Waals surface area (Å²) in [5, 5.41) is 11.2. The molecule has 84 valence electrons. The second-order valence-corrected chi connectivity index (χ2v) is 4.49. The predicted octanol–water partition coefficient (Wildman–Crippen LogP) is 2.12. The van der Waals surface area contributed by atoms with Crippen LogP contribution in [0.1, 0.15) is 51.9 Å². The molecule has 2 aliphatic rings. The van der Waals surface area contributed by atoms with Crippen molar-refractivity contribution in [1.82, 2.24) is 5.06 Å². The Morgan fingerprint density at radius 1 is 1.40 bits per heavy atom. The molecule has 4 heteroatoms. The average Bonchev–Trinajstić information content (AvgIpc) is 2.47. The molecule has 1 saturated carbocycles. The van der Waals surface area contributed by atoms with Gasteiger partial charge in [0.05, 0.1) is 0 Å². The van der Waals surface area contributed by atoms with E-state index in [1.165, 1.54) is 0 Å². The lowest BCUT2D eigenvalue weighted by atomic mass is 9.81. The van der Waals surface area contributed by atoms with Crippen molar-refractivity contribution in [3.63, 3.8) is 0 Å². The van der Waals surface area contributed by atoms with Crippen molar-refractivity contribution < 1.29 is 10.0 Å². The van der Waals surface area contributed by atoms with Gasteiger partial charge in [0.15, 0.2) is 0 Å². The Labute approximate surface area is 89.9 Å². The van der Waals surface area contributed by atoms with Crippen LogP contribution >= 0.6 is 0 Å². The van der Waals surface area contributed by atoms with E-state index in [0.29, 0.717) is 12.3 Å². The van der Waals surface area contributed by atoms with E-state index in [1.54, 1.807) is 0 Å². The van der Waals surface area contributed by atoms with E-state index in [0.717, 1.165) is 43.6 Å². The Hall–Kier alpha value is -0.900. The lowest BCUT2D eigenvalue weighted by Crippen LogP contribution is -2.51. The summed E-state index contributed by atoms with van der Waals surface area (Å²) in [7, 11) is 0. The smallest absolute Gasteiger partial charge is 0.275 e. The van der Waals surface area contributed by atoms with E-state index in [4.69, 9.17) is 0 Å². The number of amidine groups is 1. The van der Waals surface area contributed by atoms with Gasteiger partial charge in [-0.3, -0.25) is 10.0 Å². The maximum Gasteiger partial charge on any atom is 0.275 e. The van der Waals surface area contributed by atoms with Gasteiger partial charge in [0.1, 0.15) is 11.4 Å². The summed E-state index contributed by atoms with van der Waals surface area (Å²) in [6.45, 7) is 2.02. The summed E-state index contributed by atoms with van der Waals surface area (Å²) in [5.74, 6) is 0.428. The Kier molecular flexibility index (Phi) is 2.78. The van der Waals surface area contributed by atoms with Crippen LogP contribution in [-0.4, -0.2) is 27.6 Å². The van der Waals surface area contributed by atoms with Gasteiger partial charge >= 0.3 is 0 Å². The highest BCUT2D eigenvalue weighted by Crippen LogP contribution is 2.37. The predicted molar refractivity (Wildman–Crippen MR) is 56.8 cm³/mol. The highest BCUT2D eigenvalue weighted by Gasteiger charge is 2.50. The quantitative estimate of drug-likeness (QED) is 0.759. The maximum atomic E-state index is 11.9. The molecule has 1 aliphatic carbocycles. The zero-order chi connectivity index (χ0) is 10.9. The minimum absolute atomic E-state index is 0.131. The molecule has 1 fully saturated rings. The summed E-state index contributed by atoms with van der Waals surface area (Å²) in [5.41, 5.74) is -0.692. The molecule has 0 aromatic heterocycles. The van der Waals surface area contributed by atoms with Crippen LogP contribution in [0.2, 0.25) is 0 Å². The first-order valence-corrected chi connectivity index (χ1v) is 5.82. The second kappa shape index (κ2) is 3.93. The summed E-state index contributed by atoms with van der Waals surface area (Å²) in [6.07, 6.45) is 6.27. The molecule has 0 unspecified atom stereocenters. The van der Waals surface area contributed by atoms with Gasteiger partial charge in [-0.2, -0.15) is 4.99 Å². The van der Waals surface area contributed by atoms with Gasteiger partial charge in [0.25, 0.3) is 5.91 Å². The van der Waals surface area contributed by atoms with Crippen molar-refractivity contribution in [2.45, 2.75) is 57.4 Å². The topological polar surface area (TPSA) is 52.9 Å².